The summed E-state index contributed by atoms with van der Waals surface area (Å²) in [6.07, 6.45) is 1.89. The Kier molecular flexibility index (Phi) is 6.51. The Morgan fingerprint density at radius 2 is 1.79 bits per heavy atom. The van der Waals surface area contributed by atoms with Crippen LogP contribution in [0.3, 0.4) is 0 Å². The molecule has 0 unspecified atom stereocenters. The molecule has 1 fully saturated rings. The number of benzene rings is 2. The van der Waals surface area contributed by atoms with Crippen LogP contribution in [0.25, 0.3) is 5.57 Å². The van der Waals surface area contributed by atoms with Crippen LogP contribution in [0, 0.1) is 5.92 Å². The van der Waals surface area contributed by atoms with Gasteiger partial charge in [0.05, 0.1) is 12.7 Å². The SMILES string of the molecule is C[C@@H]1CC2=C(Cc3ccccc32)[C@@H](c2ccc(OCCN3CC(CF)C3)cc2)N1CC(C)(C)F. The molecule has 0 radical (unpaired) electrons. The summed E-state index contributed by atoms with van der Waals surface area (Å²) in [5.74, 6) is 1.05. The van der Waals surface area contributed by atoms with Gasteiger partial charge < -0.3 is 4.74 Å². The molecule has 2 aromatic carbocycles. The van der Waals surface area contributed by atoms with Gasteiger partial charge in [0.15, 0.2) is 0 Å². The number of ether oxygens (including phenoxy) is 1. The zero-order valence-electron chi connectivity index (χ0n) is 20.6. The first-order chi connectivity index (χ1) is 16.3. The van der Waals surface area contributed by atoms with E-state index in [0.717, 1.165) is 38.2 Å². The summed E-state index contributed by atoms with van der Waals surface area (Å²) in [6, 6.07) is 17.4. The zero-order chi connectivity index (χ0) is 23.9. The van der Waals surface area contributed by atoms with E-state index in [1.807, 2.05) is 12.1 Å². The fraction of sp³-hybridized carbons (Fsp3) is 0.517. The molecule has 5 heteroatoms. The molecule has 0 saturated carbocycles. The average molecular weight is 467 g/mol. The van der Waals surface area contributed by atoms with Crippen molar-refractivity contribution in [3.63, 3.8) is 0 Å². The third-order valence-corrected chi connectivity index (χ3v) is 7.52. The first-order valence-electron chi connectivity index (χ1n) is 12.6. The highest BCUT2D eigenvalue weighted by atomic mass is 19.1. The molecule has 3 aliphatic rings. The molecule has 2 atom stereocenters. The van der Waals surface area contributed by atoms with Crippen LogP contribution in [0.4, 0.5) is 8.78 Å². The van der Waals surface area contributed by atoms with Gasteiger partial charge in [-0.15, -0.1) is 0 Å². The van der Waals surface area contributed by atoms with Gasteiger partial charge in [-0.05, 0) is 73.6 Å². The molecule has 2 aliphatic heterocycles. The van der Waals surface area contributed by atoms with Crippen molar-refractivity contribution in [3.8, 4) is 5.75 Å². The van der Waals surface area contributed by atoms with Crippen molar-refractivity contribution in [2.45, 2.75) is 51.4 Å². The molecule has 0 aromatic heterocycles. The highest BCUT2D eigenvalue weighted by Crippen LogP contribution is 2.49. The van der Waals surface area contributed by atoms with Crippen molar-refractivity contribution in [3.05, 3.63) is 70.8 Å². The molecule has 0 amide bonds. The largest absolute Gasteiger partial charge is 0.492 e. The highest BCUT2D eigenvalue weighted by Gasteiger charge is 2.40. The van der Waals surface area contributed by atoms with Crippen LogP contribution < -0.4 is 4.74 Å². The van der Waals surface area contributed by atoms with Gasteiger partial charge in [0.2, 0.25) is 0 Å². The van der Waals surface area contributed by atoms with Crippen LogP contribution in [-0.2, 0) is 6.42 Å². The summed E-state index contributed by atoms with van der Waals surface area (Å²) in [4.78, 5) is 4.58. The van der Waals surface area contributed by atoms with Gasteiger partial charge in [-0.3, -0.25) is 14.2 Å². The van der Waals surface area contributed by atoms with E-state index in [1.54, 1.807) is 13.8 Å². The Bertz CT molecular complexity index is 1040. The molecule has 3 nitrogen and oxygen atoms in total. The molecule has 2 heterocycles. The molecular formula is C29H36F2N2O. The molecular weight excluding hydrogens is 430 g/mol. The lowest BCUT2D eigenvalue weighted by Crippen LogP contribution is -2.49. The molecule has 5 rings (SSSR count). The second kappa shape index (κ2) is 9.43. The summed E-state index contributed by atoms with van der Waals surface area (Å²) in [7, 11) is 0. The van der Waals surface area contributed by atoms with Crippen molar-refractivity contribution < 1.29 is 13.5 Å². The summed E-state index contributed by atoms with van der Waals surface area (Å²) < 4.78 is 33.5. The van der Waals surface area contributed by atoms with E-state index in [2.05, 4.69) is 53.1 Å². The average Bonchev–Trinajstić information content (AvgIpc) is 3.13. The fourth-order valence-corrected chi connectivity index (χ4v) is 5.89. The lowest BCUT2D eigenvalue weighted by atomic mass is 9.84. The maximum atomic E-state index is 14.9. The number of alkyl halides is 2. The van der Waals surface area contributed by atoms with Crippen LogP contribution >= 0.6 is 0 Å². The van der Waals surface area contributed by atoms with Crippen LogP contribution in [0.2, 0.25) is 0 Å². The molecule has 0 spiro atoms. The number of nitrogens with zero attached hydrogens (tertiary/aromatic N) is 2. The minimum Gasteiger partial charge on any atom is -0.492 e. The molecule has 182 valence electrons. The monoisotopic (exact) mass is 466 g/mol. The Morgan fingerprint density at radius 1 is 1.06 bits per heavy atom. The van der Waals surface area contributed by atoms with E-state index in [0.29, 0.717) is 13.2 Å². The minimum atomic E-state index is -1.27. The second-order valence-corrected chi connectivity index (χ2v) is 10.9. The van der Waals surface area contributed by atoms with Gasteiger partial charge in [0, 0.05) is 38.1 Å². The van der Waals surface area contributed by atoms with Crippen LogP contribution in [0.5, 0.6) is 5.75 Å². The molecule has 34 heavy (non-hydrogen) atoms. The van der Waals surface area contributed by atoms with Crippen LogP contribution in [-0.4, -0.2) is 61.0 Å². The molecule has 0 N–H and O–H groups in total. The van der Waals surface area contributed by atoms with Gasteiger partial charge in [-0.25, -0.2) is 4.39 Å². The van der Waals surface area contributed by atoms with E-state index in [1.165, 1.54) is 27.8 Å². The highest BCUT2D eigenvalue weighted by molar-refractivity contribution is 5.79. The number of rotatable bonds is 8. The zero-order valence-corrected chi connectivity index (χ0v) is 20.6. The first kappa shape index (κ1) is 23.5. The third kappa shape index (κ3) is 4.78. The van der Waals surface area contributed by atoms with E-state index >= 15 is 0 Å². The Balaban J connectivity index is 1.35. The molecule has 1 aliphatic carbocycles. The number of hydrogen-bond donors (Lipinski definition) is 0. The molecule has 0 bridgehead atoms. The predicted molar refractivity (Wildman–Crippen MR) is 134 cm³/mol. The van der Waals surface area contributed by atoms with Gasteiger partial charge in [-0.1, -0.05) is 36.4 Å². The van der Waals surface area contributed by atoms with Crippen molar-refractivity contribution in [2.75, 3.05) is 39.5 Å². The normalized spacial score (nSPS) is 23.6. The summed E-state index contributed by atoms with van der Waals surface area (Å²) in [5, 5.41) is 0. The van der Waals surface area contributed by atoms with Crippen LogP contribution in [0.1, 0.15) is 49.9 Å². The Labute approximate surface area is 202 Å². The fourth-order valence-electron chi connectivity index (χ4n) is 5.89. The smallest absolute Gasteiger partial charge is 0.119 e. The first-order valence-corrected chi connectivity index (χ1v) is 12.6. The van der Waals surface area contributed by atoms with Gasteiger partial charge in [0.1, 0.15) is 18.0 Å². The maximum absolute atomic E-state index is 14.9. The lowest BCUT2D eigenvalue weighted by molar-refractivity contribution is 0.0667. The Hall–Kier alpha value is -2.24. The Morgan fingerprint density at radius 3 is 2.50 bits per heavy atom. The van der Waals surface area contributed by atoms with E-state index in [9.17, 15) is 8.78 Å². The summed E-state index contributed by atoms with van der Waals surface area (Å²) in [5.41, 5.74) is 5.54. The van der Waals surface area contributed by atoms with Crippen molar-refractivity contribution in [1.82, 2.24) is 9.80 Å². The van der Waals surface area contributed by atoms with Gasteiger partial charge >= 0.3 is 0 Å². The molecule has 2 aromatic rings. The van der Waals surface area contributed by atoms with Gasteiger partial charge in [0.25, 0.3) is 0 Å². The molecule has 1 saturated heterocycles. The second-order valence-electron chi connectivity index (χ2n) is 10.9. The number of hydrogen-bond acceptors (Lipinski definition) is 3. The lowest BCUT2D eigenvalue weighted by Gasteiger charge is -2.44. The number of fused-ring (bicyclic) bond motifs is 2. The standard InChI is InChI=1S/C29H36F2N2O/c1-20-14-26-25-7-5-4-6-23(25)15-27(26)28(33(20)19-29(2,3)31)22-8-10-24(11-9-22)34-13-12-32-17-21(16-30)18-32/h4-11,20-21,28H,12-19H2,1-3H3/t20-,28-/m1/s1. The summed E-state index contributed by atoms with van der Waals surface area (Å²) in [6.45, 7) is 8.85. The van der Waals surface area contributed by atoms with Crippen molar-refractivity contribution >= 4 is 5.57 Å². The maximum Gasteiger partial charge on any atom is 0.119 e. The number of halogens is 2. The van der Waals surface area contributed by atoms with E-state index in [-0.39, 0.29) is 24.7 Å². The quantitative estimate of drug-likeness (QED) is 0.485. The minimum absolute atomic E-state index is 0.0638. The predicted octanol–water partition coefficient (Wildman–Crippen LogP) is 5.86. The van der Waals surface area contributed by atoms with Crippen molar-refractivity contribution in [1.29, 1.82) is 0 Å². The number of likely N-dealkylation sites (tertiary alicyclic amines) is 1. The summed E-state index contributed by atoms with van der Waals surface area (Å²) >= 11 is 0. The van der Waals surface area contributed by atoms with Crippen LogP contribution in [0.15, 0.2) is 54.1 Å². The van der Waals surface area contributed by atoms with Gasteiger partial charge in [-0.2, -0.15) is 0 Å². The van der Waals surface area contributed by atoms with E-state index < -0.39 is 5.67 Å². The van der Waals surface area contributed by atoms with E-state index in [4.69, 9.17) is 4.74 Å². The van der Waals surface area contributed by atoms with Crippen molar-refractivity contribution in [2.24, 2.45) is 5.92 Å². The third-order valence-electron chi connectivity index (χ3n) is 7.52. The topological polar surface area (TPSA) is 15.7 Å².